The molecule has 0 bridgehead atoms. The second-order valence-corrected chi connectivity index (χ2v) is 7.95. The van der Waals surface area contributed by atoms with Crippen LogP contribution in [0, 0.1) is 6.92 Å². The van der Waals surface area contributed by atoms with Crippen molar-refractivity contribution in [1.82, 2.24) is 4.90 Å². The van der Waals surface area contributed by atoms with Gasteiger partial charge in [-0.25, -0.2) is 0 Å². The standard InChI is InChI=1S/C22H22ClNO5.ClH/c1-11-4-3-5-13(21(11)23)18-9-17(28)20-16(27)8-15(26)19(22(20)29-18)12-6-7-24(2)14(12)10-25;/h3-5,8-9,12,14,25-27H,6-7,10H2,1-2H3;1H. The van der Waals surface area contributed by atoms with Crippen LogP contribution >= 0.6 is 24.0 Å². The average Bonchev–Trinajstić information content (AvgIpc) is 3.03. The first-order chi connectivity index (χ1) is 13.8. The van der Waals surface area contributed by atoms with Gasteiger partial charge in [0.25, 0.3) is 0 Å². The fraction of sp³-hybridized carbons (Fsp3) is 0.318. The molecule has 3 N–H and O–H groups in total. The molecule has 2 heterocycles. The highest BCUT2D eigenvalue weighted by Crippen LogP contribution is 2.44. The number of aliphatic hydroxyl groups excluding tert-OH is 1. The Balaban J connectivity index is 0.00000256. The Kier molecular flexibility index (Phi) is 6.34. The number of fused-ring (bicyclic) bond motifs is 1. The average molecular weight is 452 g/mol. The Morgan fingerprint density at radius 1 is 1.23 bits per heavy atom. The lowest BCUT2D eigenvalue weighted by Crippen LogP contribution is -2.32. The van der Waals surface area contributed by atoms with E-state index in [9.17, 15) is 20.1 Å². The molecule has 6 nitrogen and oxygen atoms in total. The van der Waals surface area contributed by atoms with Gasteiger partial charge in [0.15, 0.2) is 5.43 Å². The lowest BCUT2D eigenvalue weighted by Gasteiger charge is -2.24. The van der Waals surface area contributed by atoms with E-state index >= 15 is 0 Å². The van der Waals surface area contributed by atoms with Crippen LogP contribution in [0.15, 0.2) is 39.5 Å². The van der Waals surface area contributed by atoms with Gasteiger partial charge in [0, 0.05) is 35.2 Å². The molecule has 1 fully saturated rings. The number of aryl methyl sites for hydroxylation is 1. The van der Waals surface area contributed by atoms with Gasteiger partial charge in [-0.1, -0.05) is 23.7 Å². The van der Waals surface area contributed by atoms with Gasteiger partial charge >= 0.3 is 0 Å². The van der Waals surface area contributed by atoms with E-state index in [-0.39, 0.29) is 59.2 Å². The third-order valence-electron chi connectivity index (χ3n) is 5.84. The molecule has 1 aliphatic heterocycles. The van der Waals surface area contributed by atoms with Crippen molar-refractivity contribution >= 4 is 35.0 Å². The molecule has 0 radical (unpaired) electrons. The van der Waals surface area contributed by atoms with Crippen LogP contribution in [0.2, 0.25) is 5.02 Å². The second-order valence-electron chi connectivity index (χ2n) is 7.57. The predicted molar refractivity (Wildman–Crippen MR) is 119 cm³/mol. The van der Waals surface area contributed by atoms with Gasteiger partial charge < -0.3 is 24.6 Å². The van der Waals surface area contributed by atoms with E-state index < -0.39 is 5.43 Å². The second kappa shape index (κ2) is 8.47. The van der Waals surface area contributed by atoms with Crippen LogP contribution in [0.5, 0.6) is 11.5 Å². The van der Waals surface area contributed by atoms with Crippen LogP contribution in [0.4, 0.5) is 0 Å². The summed E-state index contributed by atoms with van der Waals surface area (Å²) in [5.74, 6) is -0.498. The zero-order chi connectivity index (χ0) is 20.9. The van der Waals surface area contributed by atoms with Gasteiger partial charge in [-0.2, -0.15) is 0 Å². The van der Waals surface area contributed by atoms with Crippen LogP contribution in [0.3, 0.4) is 0 Å². The van der Waals surface area contributed by atoms with Crippen LogP contribution in [-0.2, 0) is 0 Å². The van der Waals surface area contributed by atoms with Gasteiger partial charge in [0.1, 0.15) is 28.2 Å². The van der Waals surface area contributed by atoms with Crippen molar-refractivity contribution in [1.29, 1.82) is 0 Å². The number of likely N-dealkylation sites (tertiary alicyclic amines) is 1. The maximum Gasteiger partial charge on any atom is 0.197 e. The number of likely N-dealkylation sites (N-methyl/N-ethyl adjacent to an activating group) is 1. The monoisotopic (exact) mass is 451 g/mol. The van der Waals surface area contributed by atoms with Crippen molar-refractivity contribution in [2.24, 2.45) is 0 Å². The summed E-state index contributed by atoms with van der Waals surface area (Å²) in [7, 11) is 1.90. The SMILES string of the molecule is Cc1cccc(-c2cc(=O)c3c(O)cc(O)c(C4CCN(C)C4CO)c3o2)c1Cl.Cl. The fourth-order valence-corrected chi connectivity index (χ4v) is 4.48. The molecule has 2 atom stereocenters. The first-order valence-corrected chi connectivity index (χ1v) is 9.80. The Morgan fingerprint density at radius 2 is 1.97 bits per heavy atom. The number of phenols is 2. The quantitative estimate of drug-likeness (QED) is 0.556. The summed E-state index contributed by atoms with van der Waals surface area (Å²) in [6, 6.07) is 7.66. The van der Waals surface area contributed by atoms with E-state index in [4.69, 9.17) is 16.0 Å². The van der Waals surface area contributed by atoms with Crippen molar-refractivity contribution in [2.75, 3.05) is 20.2 Å². The number of phenolic OH excluding ortho intramolecular Hbond substituents is 2. The summed E-state index contributed by atoms with van der Waals surface area (Å²) in [5.41, 5.74) is 1.51. The smallest absolute Gasteiger partial charge is 0.197 e. The number of rotatable bonds is 3. The van der Waals surface area contributed by atoms with Crippen LogP contribution in [0.25, 0.3) is 22.3 Å². The van der Waals surface area contributed by atoms with E-state index in [1.54, 1.807) is 6.07 Å². The van der Waals surface area contributed by atoms with Crippen molar-refractivity contribution in [3.05, 3.63) is 56.7 Å². The molecule has 30 heavy (non-hydrogen) atoms. The van der Waals surface area contributed by atoms with E-state index in [1.807, 2.05) is 31.0 Å². The summed E-state index contributed by atoms with van der Waals surface area (Å²) in [6.07, 6.45) is 0.675. The highest BCUT2D eigenvalue weighted by atomic mass is 35.5. The van der Waals surface area contributed by atoms with Crippen molar-refractivity contribution < 1.29 is 19.7 Å². The molecule has 160 valence electrons. The summed E-state index contributed by atoms with van der Waals surface area (Å²) >= 11 is 6.42. The molecule has 1 saturated heterocycles. The third kappa shape index (κ3) is 3.54. The molecule has 2 unspecified atom stereocenters. The van der Waals surface area contributed by atoms with E-state index in [1.165, 1.54) is 12.1 Å². The fourth-order valence-electron chi connectivity index (χ4n) is 4.26. The molecule has 8 heteroatoms. The molecular weight excluding hydrogens is 429 g/mol. The first kappa shape index (κ1) is 22.4. The number of aliphatic hydroxyl groups is 1. The topological polar surface area (TPSA) is 94.1 Å². The van der Waals surface area contributed by atoms with Crippen molar-refractivity contribution in [3.63, 3.8) is 0 Å². The van der Waals surface area contributed by atoms with Crippen molar-refractivity contribution in [2.45, 2.75) is 25.3 Å². The molecule has 3 aromatic rings. The maximum absolute atomic E-state index is 12.9. The number of nitrogens with zero attached hydrogens (tertiary/aromatic N) is 1. The Bertz CT molecular complexity index is 1160. The zero-order valence-corrected chi connectivity index (χ0v) is 18.1. The largest absolute Gasteiger partial charge is 0.507 e. The Labute approximate surface area is 184 Å². The molecule has 4 rings (SSSR count). The van der Waals surface area contributed by atoms with Crippen LogP contribution in [-0.4, -0.2) is 46.5 Å². The number of benzene rings is 2. The molecule has 0 aliphatic carbocycles. The number of hydrogen-bond acceptors (Lipinski definition) is 6. The van der Waals surface area contributed by atoms with Gasteiger partial charge in [-0.05, 0) is 38.6 Å². The third-order valence-corrected chi connectivity index (χ3v) is 6.34. The molecule has 0 spiro atoms. The van der Waals surface area contributed by atoms with Crippen molar-refractivity contribution in [3.8, 4) is 22.8 Å². The minimum Gasteiger partial charge on any atom is -0.507 e. The molecule has 0 saturated carbocycles. The maximum atomic E-state index is 12.9. The molecule has 1 aliphatic rings. The van der Waals surface area contributed by atoms with Crippen LogP contribution < -0.4 is 5.43 Å². The summed E-state index contributed by atoms with van der Waals surface area (Å²) in [5, 5.41) is 31.3. The lowest BCUT2D eigenvalue weighted by atomic mass is 9.89. The van der Waals surface area contributed by atoms with Gasteiger partial charge in [0.2, 0.25) is 0 Å². The van der Waals surface area contributed by atoms with E-state index in [2.05, 4.69) is 0 Å². The van der Waals surface area contributed by atoms with E-state index in [0.29, 0.717) is 22.6 Å². The summed E-state index contributed by atoms with van der Waals surface area (Å²) < 4.78 is 6.09. The Morgan fingerprint density at radius 3 is 2.67 bits per heavy atom. The summed E-state index contributed by atoms with van der Waals surface area (Å²) in [4.78, 5) is 14.9. The molecule has 0 amide bonds. The zero-order valence-electron chi connectivity index (χ0n) is 16.6. The highest BCUT2D eigenvalue weighted by Gasteiger charge is 2.36. The Hall–Kier alpha value is -2.25. The minimum atomic E-state index is -0.426. The van der Waals surface area contributed by atoms with Gasteiger partial charge in [-0.15, -0.1) is 12.4 Å². The normalized spacial score (nSPS) is 19.2. The van der Waals surface area contributed by atoms with Gasteiger partial charge in [0.05, 0.1) is 11.6 Å². The molecule has 2 aromatic carbocycles. The minimum absolute atomic E-state index is 0. The number of aromatic hydroxyl groups is 2. The highest BCUT2D eigenvalue weighted by molar-refractivity contribution is 6.34. The lowest BCUT2D eigenvalue weighted by molar-refractivity contribution is 0.172. The van der Waals surface area contributed by atoms with Crippen LogP contribution in [0.1, 0.15) is 23.5 Å². The number of halogens is 2. The number of hydrogen-bond donors (Lipinski definition) is 3. The first-order valence-electron chi connectivity index (χ1n) is 9.42. The predicted octanol–water partition coefficient (Wildman–Crippen LogP) is 4.03. The van der Waals surface area contributed by atoms with E-state index in [0.717, 1.165) is 12.1 Å². The summed E-state index contributed by atoms with van der Waals surface area (Å²) in [6.45, 7) is 2.48. The van der Waals surface area contributed by atoms with Gasteiger partial charge in [-0.3, -0.25) is 4.79 Å². The molecule has 1 aromatic heterocycles. The molecular formula is C22H23Cl2NO5.